The van der Waals surface area contributed by atoms with Crippen LogP contribution in [0.3, 0.4) is 0 Å². The highest BCUT2D eigenvalue weighted by atomic mass is 15.3. The normalized spacial score (nSPS) is 14.0. The molecule has 4 rings (SSSR count). The second-order valence-corrected chi connectivity index (χ2v) is 6.95. The van der Waals surface area contributed by atoms with Gasteiger partial charge < -0.3 is 20.9 Å². The summed E-state index contributed by atoms with van der Waals surface area (Å²) in [4.78, 5) is 16.1. The van der Waals surface area contributed by atoms with Crippen molar-refractivity contribution in [2.45, 2.75) is 13.8 Å². The predicted octanol–water partition coefficient (Wildman–Crippen LogP) is 3.39. The van der Waals surface area contributed by atoms with E-state index in [-0.39, 0.29) is 0 Å². The van der Waals surface area contributed by atoms with Crippen LogP contribution in [0.2, 0.25) is 0 Å². The van der Waals surface area contributed by atoms with E-state index in [0.717, 1.165) is 43.1 Å². The van der Waals surface area contributed by atoms with E-state index in [4.69, 9.17) is 0 Å². The molecule has 1 aromatic heterocycles. The number of rotatable bonds is 5. The number of aromatic nitrogens is 3. The van der Waals surface area contributed by atoms with Crippen molar-refractivity contribution in [3.8, 4) is 0 Å². The molecule has 0 spiro atoms. The molecule has 0 radical (unpaired) electrons. The quantitative estimate of drug-likeness (QED) is 0.631. The second-order valence-electron chi connectivity index (χ2n) is 6.95. The van der Waals surface area contributed by atoms with Crippen LogP contribution in [0.25, 0.3) is 0 Å². The van der Waals surface area contributed by atoms with Gasteiger partial charge in [-0.05, 0) is 43.2 Å². The fourth-order valence-electron chi connectivity index (χ4n) is 3.12. The Morgan fingerprint density at radius 3 is 2.32 bits per heavy atom. The molecular weight excluding hydrogens is 350 g/mol. The Labute approximate surface area is 165 Å². The van der Waals surface area contributed by atoms with Crippen molar-refractivity contribution in [2.24, 2.45) is 0 Å². The first-order valence-corrected chi connectivity index (χ1v) is 9.55. The Bertz CT molecular complexity index is 937. The molecule has 1 saturated heterocycles. The molecule has 7 heteroatoms. The minimum atomic E-state index is 0.530. The molecule has 3 aromatic rings. The van der Waals surface area contributed by atoms with E-state index in [1.165, 1.54) is 5.56 Å². The lowest BCUT2D eigenvalue weighted by molar-refractivity contribution is 0.579. The maximum absolute atomic E-state index is 4.69. The fraction of sp³-hybridized carbons (Fsp3) is 0.286. The molecule has 3 N–H and O–H groups in total. The van der Waals surface area contributed by atoms with Crippen LogP contribution in [-0.2, 0) is 0 Å². The SMILES string of the molecule is Cc1ccc(C)c(Nc2nc(Nc3ccccc3)nc(N3CCNCC3)n2)c1. The standard InChI is InChI=1S/C21H25N7/c1-15-8-9-16(2)18(14-15)24-20-25-19(23-17-6-4-3-5-7-17)26-21(27-20)28-12-10-22-11-13-28/h3-9,14,22H,10-13H2,1-2H3,(H2,23,24,25,26,27). The van der Waals surface area contributed by atoms with Crippen molar-refractivity contribution in [2.75, 3.05) is 41.7 Å². The summed E-state index contributed by atoms with van der Waals surface area (Å²) in [6.45, 7) is 7.74. The average Bonchev–Trinajstić information content (AvgIpc) is 2.72. The van der Waals surface area contributed by atoms with Gasteiger partial charge in [-0.1, -0.05) is 30.3 Å². The van der Waals surface area contributed by atoms with Gasteiger partial charge in [0.05, 0.1) is 0 Å². The number of aryl methyl sites for hydroxylation is 2. The van der Waals surface area contributed by atoms with E-state index in [9.17, 15) is 0 Å². The summed E-state index contributed by atoms with van der Waals surface area (Å²) < 4.78 is 0. The summed E-state index contributed by atoms with van der Waals surface area (Å²) in [6.07, 6.45) is 0. The number of piperazine rings is 1. The van der Waals surface area contributed by atoms with Crippen molar-refractivity contribution in [3.63, 3.8) is 0 Å². The Balaban J connectivity index is 1.67. The van der Waals surface area contributed by atoms with Gasteiger partial charge in [-0.3, -0.25) is 0 Å². The van der Waals surface area contributed by atoms with Gasteiger partial charge in [0, 0.05) is 37.6 Å². The summed E-state index contributed by atoms with van der Waals surface area (Å²) in [6, 6.07) is 16.2. The van der Waals surface area contributed by atoms with Gasteiger partial charge in [0.15, 0.2) is 0 Å². The Morgan fingerprint density at radius 1 is 0.857 bits per heavy atom. The van der Waals surface area contributed by atoms with Crippen LogP contribution in [0, 0.1) is 13.8 Å². The number of hydrogen-bond acceptors (Lipinski definition) is 7. The monoisotopic (exact) mass is 375 g/mol. The van der Waals surface area contributed by atoms with Crippen LogP contribution in [0.1, 0.15) is 11.1 Å². The van der Waals surface area contributed by atoms with Crippen LogP contribution >= 0.6 is 0 Å². The van der Waals surface area contributed by atoms with Crippen LogP contribution < -0.4 is 20.9 Å². The first-order valence-electron chi connectivity index (χ1n) is 9.55. The first-order chi connectivity index (χ1) is 13.7. The van der Waals surface area contributed by atoms with Crippen LogP contribution in [0.4, 0.5) is 29.2 Å². The Morgan fingerprint density at radius 2 is 1.57 bits per heavy atom. The zero-order valence-electron chi connectivity index (χ0n) is 16.2. The average molecular weight is 375 g/mol. The molecule has 1 aliphatic heterocycles. The Hall–Kier alpha value is -3.19. The molecule has 2 aromatic carbocycles. The summed E-state index contributed by atoms with van der Waals surface area (Å²) >= 11 is 0. The summed E-state index contributed by atoms with van der Waals surface area (Å²) in [5.74, 6) is 1.75. The number of anilines is 5. The Kier molecular flexibility index (Phi) is 5.34. The lowest BCUT2D eigenvalue weighted by atomic mass is 10.1. The molecule has 2 heterocycles. The maximum Gasteiger partial charge on any atom is 0.233 e. The number of benzene rings is 2. The highest BCUT2D eigenvalue weighted by Crippen LogP contribution is 2.23. The van der Waals surface area contributed by atoms with Crippen LogP contribution in [-0.4, -0.2) is 41.1 Å². The molecule has 144 valence electrons. The van der Waals surface area contributed by atoms with E-state index in [2.05, 4.69) is 67.8 Å². The van der Waals surface area contributed by atoms with Crippen LogP contribution in [0.5, 0.6) is 0 Å². The van der Waals surface area contributed by atoms with Crippen LogP contribution in [0.15, 0.2) is 48.5 Å². The minimum Gasteiger partial charge on any atom is -0.338 e. The van der Waals surface area contributed by atoms with Gasteiger partial charge in [-0.2, -0.15) is 15.0 Å². The third kappa shape index (κ3) is 4.37. The lowest BCUT2D eigenvalue weighted by Gasteiger charge is -2.27. The molecule has 1 aliphatic rings. The first kappa shape index (κ1) is 18.2. The van der Waals surface area contributed by atoms with Gasteiger partial charge in [0.2, 0.25) is 17.8 Å². The van der Waals surface area contributed by atoms with Gasteiger partial charge in [-0.25, -0.2) is 0 Å². The molecule has 0 amide bonds. The third-order valence-electron chi connectivity index (χ3n) is 4.69. The van der Waals surface area contributed by atoms with E-state index in [1.807, 2.05) is 30.3 Å². The number of nitrogens with one attached hydrogen (secondary N) is 3. The molecule has 28 heavy (non-hydrogen) atoms. The number of hydrogen-bond donors (Lipinski definition) is 3. The zero-order valence-corrected chi connectivity index (χ0v) is 16.2. The topological polar surface area (TPSA) is 78.0 Å². The van der Waals surface area contributed by atoms with Gasteiger partial charge in [0.1, 0.15) is 0 Å². The summed E-state index contributed by atoms with van der Waals surface area (Å²) in [5.41, 5.74) is 4.28. The van der Waals surface area contributed by atoms with Crippen molar-refractivity contribution < 1.29 is 0 Å². The van der Waals surface area contributed by atoms with Gasteiger partial charge >= 0.3 is 0 Å². The summed E-state index contributed by atoms with van der Waals surface area (Å²) in [7, 11) is 0. The zero-order chi connectivity index (χ0) is 19.3. The molecule has 1 fully saturated rings. The maximum atomic E-state index is 4.69. The van der Waals surface area contributed by atoms with Crippen molar-refractivity contribution in [3.05, 3.63) is 59.7 Å². The molecule has 0 saturated carbocycles. The molecule has 0 aliphatic carbocycles. The van der Waals surface area contributed by atoms with Crippen molar-refractivity contribution in [1.29, 1.82) is 0 Å². The van der Waals surface area contributed by atoms with Crippen molar-refractivity contribution in [1.82, 2.24) is 20.3 Å². The summed E-state index contributed by atoms with van der Waals surface area (Å²) in [5, 5.41) is 10.0. The number of para-hydroxylation sites is 1. The molecule has 0 atom stereocenters. The molecule has 0 bridgehead atoms. The highest BCUT2D eigenvalue weighted by molar-refractivity contribution is 5.62. The minimum absolute atomic E-state index is 0.530. The fourth-order valence-corrected chi connectivity index (χ4v) is 3.12. The van der Waals surface area contributed by atoms with E-state index in [0.29, 0.717) is 17.8 Å². The van der Waals surface area contributed by atoms with E-state index >= 15 is 0 Å². The predicted molar refractivity (Wildman–Crippen MR) is 114 cm³/mol. The lowest BCUT2D eigenvalue weighted by Crippen LogP contribution is -2.44. The highest BCUT2D eigenvalue weighted by Gasteiger charge is 2.16. The molecular formula is C21H25N7. The number of nitrogens with zero attached hydrogens (tertiary/aromatic N) is 4. The van der Waals surface area contributed by atoms with Crippen molar-refractivity contribution >= 4 is 29.2 Å². The van der Waals surface area contributed by atoms with Gasteiger partial charge in [-0.15, -0.1) is 0 Å². The van der Waals surface area contributed by atoms with Gasteiger partial charge in [0.25, 0.3) is 0 Å². The van der Waals surface area contributed by atoms with E-state index < -0.39 is 0 Å². The third-order valence-corrected chi connectivity index (χ3v) is 4.69. The second kappa shape index (κ2) is 8.22. The molecule has 0 unspecified atom stereocenters. The van der Waals surface area contributed by atoms with E-state index in [1.54, 1.807) is 0 Å². The smallest absolute Gasteiger partial charge is 0.233 e. The largest absolute Gasteiger partial charge is 0.338 e. The molecule has 7 nitrogen and oxygen atoms in total.